The minimum Gasteiger partial charge on any atom is -0.493 e. The molecule has 0 saturated heterocycles. The molecule has 2 aromatic rings. The summed E-state index contributed by atoms with van der Waals surface area (Å²) in [6.07, 6.45) is 3.07. The number of amides is 1. The second kappa shape index (κ2) is 8.24. The first-order valence-corrected chi connectivity index (χ1v) is 11.5. The van der Waals surface area contributed by atoms with Crippen LogP contribution in [0.4, 0.5) is 5.69 Å². The van der Waals surface area contributed by atoms with Crippen molar-refractivity contribution in [2.45, 2.75) is 51.0 Å². The number of ketones is 1. The number of hydrogen-bond acceptors (Lipinski definition) is 5. The average molecular weight is 436 g/mol. The van der Waals surface area contributed by atoms with Crippen LogP contribution in [0.3, 0.4) is 0 Å². The molecule has 1 atom stereocenters. The molecular formula is C26H29NO5. The van der Waals surface area contributed by atoms with Gasteiger partial charge in [-0.2, -0.15) is 0 Å². The van der Waals surface area contributed by atoms with Crippen LogP contribution in [0.25, 0.3) is 0 Å². The van der Waals surface area contributed by atoms with Crippen LogP contribution in [0, 0.1) is 0 Å². The van der Waals surface area contributed by atoms with Crippen molar-refractivity contribution in [3.63, 3.8) is 0 Å². The number of carbonyl (C=O) groups excluding carboxylic acids is 2. The minimum absolute atomic E-state index is 0.0660. The van der Waals surface area contributed by atoms with E-state index in [1.165, 1.54) is 0 Å². The third kappa shape index (κ3) is 3.37. The molecule has 6 nitrogen and oxygen atoms in total. The first-order chi connectivity index (χ1) is 15.5. The summed E-state index contributed by atoms with van der Waals surface area (Å²) in [5.74, 6) is 1.53. The molecule has 0 aromatic heterocycles. The topological polar surface area (TPSA) is 65.1 Å². The van der Waals surface area contributed by atoms with Gasteiger partial charge in [0, 0.05) is 36.8 Å². The van der Waals surface area contributed by atoms with Gasteiger partial charge >= 0.3 is 0 Å². The summed E-state index contributed by atoms with van der Waals surface area (Å²) in [4.78, 5) is 28.3. The number of anilines is 1. The third-order valence-corrected chi connectivity index (χ3v) is 6.60. The van der Waals surface area contributed by atoms with Crippen molar-refractivity contribution < 1.29 is 23.8 Å². The molecule has 0 aliphatic carbocycles. The van der Waals surface area contributed by atoms with Gasteiger partial charge in [0.25, 0.3) is 0 Å². The highest BCUT2D eigenvalue weighted by Crippen LogP contribution is 2.53. The van der Waals surface area contributed by atoms with Gasteiger partial charge in [-0.25, -0.2) is 0 Å². The highest BCUT2D eigenvalue weighted by Gasteiger charge is 2.57. The first-order valence-electron chi connectivity index (χ1n) is 11.5. The fourth-order valence-corrected chi connectivity index (χ4v) is 5.00. The van der Waals surface area contributed by atoms with Gasteiger partial charge in [0.15, 0.2) is 5.78 Å². The van der Waals surface area contributed by atoms with E-state index < -0.39 is 5.41 Å². The fraction of sp³-hybridized carbons (Fsp3) is 0.462. The van der Waals surface area contributed by atoms with Crippen molar-refractivity contribution in [2.75, 3.05) is 31.3 Å². The molecule has 1 unspecified atom stereocenters. The van der Waals surface area contributed by atoms with Crippen molar-refractivity contribution in [1.82, 2.24) is 0 Å². The van der Waals surface area contributed by atoms with Crippen LogP contribution < -0.4 is 14.4 Å². The van der Waals surface area contributed by atoms with Crippen LogP contribution in [0.1, 0.15) is 49.8 Å². The Hall–Kier alpha value is -2.86. The predicted octanol–water partition coefficient (Wildman–Crippen LogP) is 3.81. The molecule has 0 N–H and O–H groups in total. The molecule has 168 valence electrons. The Morgan fingerprint density at radius 3 is 2.81 bits per heavy atom. The molecule has 2 aromatic carbocycles. The molecule has 0 saturated carbocycles. The zero-order valence-corrected chi connectivity index (χ0v) is 18.7. The highest BCUT2D eigenvalue weighted by atomic mass is 16.5. The molecule has 0 radical (unpaired) electrons. The van der Waals surface area contributed by atoms with Gasteiger partial charge in [-0.05, 0) is 49.9 Å². The number of Topliss-reactive ketones (excluding diaryl/α,β-unsaturated/α-hetero) is 1. The summed E-state index contributed by atoms with van der Waals surface area (Å²) >= 11 is 0. The summed E-state index contributed by atoms with van der Waals surface area (Å²) in [6, 6.07) is 11.8. The Balaban J connectivity index is 1.38. The van der Waals surface area contributed by atoms with Gasteiger partial charge < -0.3 is 19.1 Å². The van der Waals surface area contributed by atoms with E-state index in [4.69, 9.17) is 14.2 Å². The summed E-state index contributed by atoms with van der Waals surface area (Å²) in [6.45, 7) is 5.65. The van der Waals surface area contributed by atoms with Crippen LogP contribution >= 0.6 is 0 Å². The molecular weight excluding hydrogens is 406 g/mol. The number of para-hydroxylation sites is 1. The number of ether oxygens (including phenoxy) is 3. The second-order valence-corrected chi connectivity index (χ2v) is 9.07. The zero-order valence-electron chi connectivity index (χ0n) is 18.7. The lowest BCUT2D eigenvalue weighted by Gasteiger charge is -2.23. The Morgan fingerprint density at radius 1 is 1.12 bits per heavy atom. The monoisotopic (exact) mass is 435 g/mol. The maximum atomic E-state index is 13.9. The lowest BCUT2D eigenvalue weighted by atomic mass is 9.76. The Labute approximate surface area is 188 Å². The van der Waals surface area contributed by atoms with E-state index in [1.807, 2.05) is 44.2 Å². The molecule has 3 aliphatic rings. The zero-order chi connectivity index (χ0) is 22.3. The van der Waals surface area contributed by atoms with E-state index in [0.29, 0.717) is 25.4 Å². The molecule has 1 spiro atoms. The number of nitrogens with zero attached hydrogens (tertiary/aromatic N) is 1. The van der Waals surface area contributed by atoms with E-state index in [1.54, 1.807) is 4.90 Å². The Morgan fingerprint density at radius 2 is 1.97 bits per heavy atom. The van der Waals surface area contributed by atoms with Crippen molar-refractivity contribution in [3.8, 4) is 11.5 Å². The summed E-state index contributed by atoms with van der Waals surface area (Å²) in [5.41, 5.74) is 2.83. The summed E-state index contributed by atoms with van der Waals surface area (Å²) < 4.78 is 17.3. The van der Waals surface area contributed by atoms with Crippen LogP contribution in [0.15, 0.2) is 36.4 Å². The first kappa shape index (κ1) is 21.0. The van der Waals surface area contributed by atoms with E-state index in [2.05, 4.69) is 6.07 Å². The van der Waals surface area contributed by atoms with Gasteiger partial charge in [0.1, 0.15) is 23.5 Å². The maximum Gasteiger partial charge on any atom is 0.246 e. The van der Waals surface area contributed by atoms with Crippen molar-refractivity contribution in [1.29, 1.82) is 0 Å². The quantitative estimate of drug-likeness (QED) is 0.590. The lowest BCUT2D eigenvalue weighted by molar-refractivity contribution is -0.125. The van der Waals surface area contributed by atoms with Crippen LogP contribution in [0.2, 0.25) is 0 Å². The van der Waals surface area contributed by atoms with E-state index >= 15 is 0 Å². The predicted molar refractivity (Wildman–Crippen MR) is 121 cm³/mol. The summed E-state index contributed by atoms with van der Waals surface area (Å²) in [5, 5.41) is 0. The average Bonchev–Trinajstić information content (AvgIpc) is 3.45. The molecule has 3 aliphatic heterocycles. The Bertz CT molecular complexity index is 1060. The number of carbonyl (C=O) groups is 2. The molecule has 6 heteroatoms. The highest BCUT2D eigenvalue weighted by molar-refractivity contribution is 6.13. The van der Waals surface area contributed by atoms with Crippen LogP contribution in [-0.4, -0.2) is 44.2 Å². The van der Waals surface area contributed by atoms with Crippen molar-refractivity contribution in [2.24, 2.45) is 0 Å². The SMILES string of the molecule is CC(C)OCCCCC(=O)CN1C(=O)C2(COc3cc4c(cc32)CCO4)c2ccccc21. The molecule has 0 fully saturated rings. The van der Waals surface area contributed by atoms with Crippen LogP contribution in [-0.2, 0) is 26.2 Å². The van der Waals surface area contributed by atoms with Gasteiger partial charge in [-0.3, -0.25) is 9.59 Å². The molecule has 3 heterocycles. The molecule has 32 heavy (non-hydrogen) atoms. The number of fused-ring (bicyclic) bond motifs is 5. The third-order valence-electron chi connectivity index (χ3n) is 6.60. The van der Waals surface area contributed by atoms with Gasteiger partial charge in [-0.15, -0.1) is 0 Å². The van der Waals surface area contributed by atoms with Crippen LogP contribution in [0.5, 0.6) is 11.5 Å². The molecule has 5 rings (SSSR count). The number of hydrogen-bond donors (Lipinski definition) is 0. The standard InChI is InChI=1S/C26H29NO5/c1-17(2)30-11-6-5-7-19(28)15-27-22-9-4-3-8-20(22)26(25(27)29)16-32-24-14-23-18(10-12-31-23)13-21(24)26/h3-4,8-9,13-14,17H,5-7,10-12,15-16H2,1-2H3. The summed E-state index contributed by atoms with van der Waals surface area (Å²) in [7, 11) is 0. The maximum absolute atomic E-state index is 13.9. The second-order valence-electron chi connectivity index (χ2n) is 9.07. The van der Waals surface area contributed by atoms with Crippen molar-refractivity contribution >= 4 is 17.4 Å². The number of unbranched alkanes of at least 4 members (excludes halogenated alkanes) is 1. The normalized spacial score (nSPS) is 20.3. The van der Waals surface area contributed by atoms with Crippen molar-refractivity contribution in [3.05, 3.63) is 53.1 Å². The van der Waals surface area contributed by atoms with E-state index in [9.17, 15) is 9.59 Å². The smallest absolute Gasteiger partial charge is 0.246 e. The number of benzene rings is 2. The fourth-order valence-electron chi connectivity index (χ4n) is 5.00. The lowest BCUT2D eigenvalue weighted by Crippen LogP contribution is -2.44. The Kier molecular flexibility index (Phi) is 5.41. The molecule has 1 amide bonds. The van der Waals surface area contributed by atoms with E-state index in [-0.39, 0.29) is 30.9 Å². The minimum atomic E-state index is -0.894. The largest absolute Gasteiger partial charge is 0.493 e. The van der Waals surface area contributed by atoms with E-state index in [0.717, 1.165) is 47.4 Å². The molecule has 0 bridgehead atoms. The van der Waals surface area contributed by atoms with Gasteiger partial charge in [0.2, 0.25) is 5.91 Å². The number of rotatable bonds is 8. The van der Waals surface area contributed by atoms with Gasteiger partial charge in [0.05, 0.1) is 19.3 Å². The van der Waals surface area contributed by atoms with Gasteiger partial charge in [-0.1, -0.05) is 18.2 Å².